The number of hydrogen-bond acceptors (Lipinski definition) is 7. The highest BCUT2D eigenvalue weighted by Crippen LogP contribution is 2.52. The molecule has 87 heavy (non-hydrogen) atoms. The van der Waals surface area contributed by atoms with Crippen LogP contribution >= 0.6 is 34.0 Å². The molecular formula is C78H42N6S3. The van der Waals surface area contributed by atoms with Crippen LogP contribution in [0.5, 0.6) is 0 Å². The maximum absolute atomic E-state index is 5.79. The molecular weight excluding hydrogens is 1120 g/mol. The van der Waals surface area contributed by atoms with Gasteiger partial charge >= 0.3 is 0 Å². The second-order valence-corrected chi connectivity index (χ2v) is 25.8. The van der Waals surface area contributed by atoms with E-state index < -0.39 is 0 Å². The summed E-state index contributed by atoms with van der Waals surface area (Å²) in [6.07, 6.45) is 0. The summed E-state index contributed by atoms with van der Waals surface area (Å²) in [6, 6.07) is 92.5. The normalized spacial score (nSPS) is 12.4. The minimum Gasteiger partial charge on any atom is -0.276 e. The summed E-state index contributed by atoms with van der Waals surface area (Å²) in [5.74, 6) is 1.31. The molecule has 0 unspecified atom stereocenters. The fourth-order valence-corrected chi connectivity index (χ4v) is 18.2. The van der Waals surface area contributed by atoms with Crippen LogP contribution in [0, 0.1) is 0 Å². The number of benzene rings is 13. The number of rotatable bonds is 5. The summed E-state index contributed by atoms with van der Waals surface area (Å²) in [7, 11) is 0. The SMILES string of the molecule is c1ccc(-c2nc(-n3c4ccccc4c4c5ccc(-c6cccc7c6sc6c(-c8ccccc8)nc(-n8c9ccccc9c9c%10ccccc%10c%10c%11ccccc%11sc%10c98)nc67)cc5c5c6ccccc6sc5c43)nc3c2ccc2ccccc23)cc1. The van der Waals surface area contributed by atoms with E-state index in [1.54, 1.807) is 11.3 Å². The predicted octanol–water partition coefficient (Wildman–Crippen LogP) is 22.2. The molecule has 0 spiro atoms. The third kappa shape index (κ3) is 6.62. The first-order chi connectivity index (χ1) is 43.2. The lowest BCUT2D eigenvalue weighted by molar-refractivity contribution is 1.02. The van der Waals surface area contributed by atoms with E-state index in [9.17, 15) is 0 Å². The van der Waals surface area contributed by atoms with Crippen molar-refractivity contribution in [3.63, 3.8) is 0 Å². The van der Waals surface area contributed by atoms with Gasteiger partial charge in [0.1, 0.15) is 0 Å². The van der Waals surface area contributed by atoms with Gasteiger partial charge in [-0.05, 0) is 74.5 Å². The van der Waals surface area contributed by atoms with Crippen LogP contribution in [0.2, 0.25) is 0 Å². The molecule has 0 N–H and O–H groups in total. The minimum atomic E-state index is 0.649. The van der Waals surface area contributed by atoms with E-state index in [1.807, 2.05) is 22.7 Å². The Morgan fingerprint density at radius 3 is 1.40 bits per heavy atom. The molecule has 0 radical (unpaired) electrons. The van der Waals surface area contributed by atoms with Gasteiger partial charge in [0.15, 0.2) is 0 Å². The topological polar surface area (TPSA) is 61.4 Å². The van der Waals surface area contributed by atoms with Crippen LogP contribution in [0.1, 0.15) is 0 Å². The standard InChI is InChI=1S/C78H42N6S3/c1-3-21-44(22-4-1)67-56-41-38-43-20-7-8-25-47(43)69(56)81-77(79-67)83-60-35-16-12-29-53(60)64-51-40-39-46(42-58(51)66-55-31-14-18-37-62(55)86-75(66)72(64)83)48-32-19-33-57-70-76(87-73(48)57)68(45-23-5-2-6-24-45)80-78(82-70)84-59-34-15-11-28-52(59)63-49-26-9-10-27-50(49)65-54-30-13-17-36-61(54)85-74(65)71(63)84/h1-42H. The molecule has 9 heteroatoms. The quantitative estimate of drug-likeness (QED) is 0.161. The molecule has 0 atom stereocenters. The van der Waals surface area contributed by atoms with E-state index in [2.05, 4.69) is 264 Å². The molecule has 20 rings (SSSR count). The van der Waals surface area contributed by atoms with Crippen molar-refractivity contribution in [2.24, 2.45) is 0 Å². The van der Waals surface area contributed by atoms with Gasteiger partial charge in [-0.25, -0.2) is 19.9 Å². The molecule has 7 aromatic heterocycles. The molecule has 0 amide bonds. The number of nitrogens with zero attached hydrogens (tertiary/aromatic N) is 6. The molecule has 402 valence electrons. The number of aromatic nitrogens is 6. The van der Waals surface area contributed by atoms with Crippen LogP contribution < -0.4 is 0 Å². The smallest absolute Gasteiger partial charge is 0.235 e. The predicted molar refractivity (Wildman–Crippen MR) is 371 cm³/mol. The average Bonchev–Trinajstić information content (AvgIpc) is 1.59. The fraction of sp³-hybridized carbons (Fsp3) is 0. The fourth-order valence-electron chi connectivity index (χ4n) is 14.4. The van der Waals surface area contributed by atoms with Crippen LogP contribution in [-0.2, 0) is 0 Å². The van der Waals surface area contributed by atoms with E-state index in [1.165, 1.54) is 82.7 Å². The van der Waals surface area contributed by atoms with E-state index in [4.69, 9.17) is 19.9 Å². The second-order valence-electron chi connectivity index (χ2n) is 22.7. The third-order valence-corrected chi connectivity index (χ3v) is 21.7. The minimum absolute atomic E-state index is 0.649. The highest BCUT2D eigenvalue weighted by atomic mass is 32.1. The van der Waals surface area contributed by atoms with Crippen molar-refractivity contribution in [3.8, 4) is 45.5 Å². The van der Waals surface area contributed by atoms with E-state index >= 15 is 0 Å². The zero-order valence-electron chi connectivity index (χ0n) is 46.2. The molecule has 0 aliphatic heterocycles. The van der Waals surface area contributed by atoms with Gasteiger partial charge in [0.2, 0.25) is 11.9 Å². The molecule has 6 nitrogen and oxygen atoms in total. The van der Waals surface area contributed by atoms with Crippen LogP contribution in [0.25, 0.3) is 193 Å². The van der Waals surface area contributed by atoms with Crippen molar-refractivity contribution in [1.82, 2.24) is 29.1 Å². The number of para-hydroxylation sites is 2. The van der Waals surface area contributed by atoms with Gasteiger partial charge in [0.05, 0.1) is 58.6 Å². The van der Waals surface area contributed by atoms with Gasteiger partial charge in [-0.15, -0.1) is 34.0 Å². The van der Waals surface area contributed by atoms with Crippen molar-refractivity contribution in [1.29, 1.82) is 0 Å². The van der Waals surface area contributed by atoms with E-state index in [0.29, 0.717) is 11.9 Å². The lowest BCUT2D eigenvalue weighted by Crippen LogP contribution is -2.04. The summed E-state index contributed by atoms with van der Waals surface area (Å²) in [5, 5.41) is 19.0. The van der Waals surface area contributed by atoms with Crippen molar-refractivity contribution < 1.29 is 0 Å². The largest absolute Gasteiger partial charge is 0.276 e. The Morgan fingerprint density at radius 1 is 0.264 bits per heavy atom. The Hall–Kier alpha value is -10.7. The molecule has 13 aromatic carbocycles. The van der Waals surface area contributed by atoms with Gasteiger partial charge in [-0.1, -0.05) is 218 Å². The molecule has 0 fully saturated rings. The molecule has 20 aromatic rings. The van der Waals surface area contributed by atoms with Crippen molar-refractivity contribution >= 4 is 181 Å². The first-order valence-corrected chi connectivity index (χ1v) is 31.7. The number of hydrogen-bond donors (Lipinski definition) is 0. The lowest BCUT2D eigenvalue weighted by atomic mass is 9.94. The monoisotopic (exact) mass is 1160 g/mol. The summed E-state index contributed by atoms with van der Waals surface area (Å²) in [6.45, 7) is 0. The molecule has 0 bridgehead atoms. The van der Waals surface area contributed by atoms with E-state index in [-0.39, 0.29) is 0 Å². The summed E-state index contributed by atoms with van der Waals surface area (Å²) in [5.41, 5.74) is 12.5. The maximum atomic E-state index is 5.79. The van der Waals surface area contributed by atoms with E-state index in [0.717, 1.165) is 98.4 Å². The van der Waals surface area contributed by atoms with Crippen LogP contribution in [0.15, 0.2) is 255 Å². The number of fused-ring (bicyclic) bond motifs is 26. The van der Waals surface area contributed by atoms with Crippen LogP contribution in [0.3, 0.4) is 0 Å². The Labute approximate surface area is 507 Å². The van der Waals surface area contributed by atoms with Crippen LogP contribution in [0.4, 0.5) is 0 Å². The molecule has 0 saturated carbocycles. The zero-order chi connectivity index (χ0) is 56.6. The number of thiophene rings is 3. The van der Waals surface area contributed by atoms with Crippen molar-refractivity contribution in [2.75, 3.05) is 0 Å². The van der Waals surface area contributed by atoms with Gasteiger partial charge in [0, 0.05) is 84.5 Å². The summed E-state index contributed by atoms with van der Waals surface area (Å²) >= 11 is 5.51. The highest BCUT2D eigenvalue weighted by molar-refractivity contribution is 7.27. The first kappa shape index (κ1) is 47.7. The van der Waals surface area contributed by atoms with Gasteiger partial charge in [-0.2, -0.15) is 0 Å². The second kappa shape index (κ2) is 17.9. The van der Waals surface area contributed by atoms with Gasteiger partial charge in [0.25, 0.3) is 0 Å². The first-order valence-electron chi connectivity index (χ1n) is 29.3. The van der Waals surface area contributed by atoms with Crippen molar-refractivity contribution in [3.05, 3.63) is 255 Å². The summed E-state index contributed by atoms with van der Waals surface area (Å²) < 4.78 is 11.9. The Bertz CT molecular complexity index is 6390. The van der Waals surface area contributed by atoms with Crippen LogP contribution in [-0.4, -0.2) is 29.1 Å². The van der Waals surface area contributed by atoms with Crippen molar-refractivity contribution in [2.45, 2.75) is 0 Å². The third-order valence-electron chi connectivity index (χ3n) is 18.1. The van der Waals surface area contributed by atoms with Gasteiger partial charge in [-0.3, -0.25) is 9.13 Å². The zero-order valence-corrected chi connectivity index (χ0v) is 48.6. The summed E-state index contributed by atoms with van der Waals surface area (Å²) in [4.78, 5) is 22.8. The maximum Gasteiger partial charge on any atom is 0.235 e. The molecule has 7 heterocycles. The Balaban J connectivity index is 0.855. The Kier molecular flexibility index (Phi) is 9.82. The van der Waals surface area contributed by atoms with Gasteiger partial charge < -0.3 is 0 Å². The Morgan fingerprint density at radius 2 is 0.747 bits per heavy atom. The molecule has 0 saturated heterocycles. The molecule has 0 aliphatic carbocycles. The lowest BCUT2D eigenvalue weighted by Gasteiger charge is -2.14. The molecule has 0 aliphatic rings. The average molecular weight is 1160 g/mol. The highest BCUT2D eigenvalue weighted by Gasteiger charge is 2.28.